The molecule has 7 nitrogen and oxygen atoms in total. The van der Waals surface area contributed by atoms with Gasteiger partial charge in [-0.25, -0.2) is 9.48 Å². The maximum atomic E-state index is 12.7. The van der Waals surface area contributed by atoms with Gasteiger partial charge in [-0.1, -0.05) is 25.3 Å². The highest BCUT2D eigenvalue weighted by atomic mass is 32.2. The van der Waals surface area contributed by atoms with Crippen LogP contribution in [0.4, 0.5) is 5.69 Å². The van der Waals surface area contributed by atoms with Crippen LogP contribution in [-0.2, 0) is 11.3 Å². The molecule has 2 heterocycles. The number of anilines is 1. The number of carbonyl (C=O) groups excluding carboxylic acids is 1. The second-order valence-electron chi connectivity index (χ2n) is 7.61. The standard InChI is InChI=1S/C21H25N5O2S/c1-14-8-9-16(12-15(14)2)22-19(27)13-25-21(28)26-18(23-25)10-11-20(24-26)29-17-6-4-3-5-7-17/h8-12,17H,3-7,13H2,1-2H3,(H,22,27). The summed E-state index contributed by atoms with van der Waals surface area (Å²) < 4.78 is 2.45. The van der Waals surface area contributed by atoms with Crippen molar-refractivity contribution in [3.8, 4) is 0 Å². The molecule has 1 amide bonds. The Bertz CT molecular complexity index is 1100. The SMILES string of the molecule is Cc1ccc(NC(=O)Cn2nc3ccc(SC4CCCCC4)nn3c2=O)cc1C. The molecule has 1 aromatic carbocycles. The molecule has 1 aliphatic carbocycles. The summed E-state index contributed by atoms with van der Waals surface area (Å²) in [5.74, 6) is -0.296. The Morgan fingerprint density at radius 2 is 1.90 bits per heavy atom. The first-order valence-corrected chi connectivity index (χ1v) is 10.9. The molecule has 152 valence electrons. The van der Waals surface area contributed by atoms with Gasteiger partial charge in [0.05, 0.1) is 0 Å². The molecule has 4 rings (SSSR count). The minimum absolute atomic E-state index is 0.153. The van der Waals surface area contributed by atoms with Crippen molar-refractivity contribution in [2.24, 2.45) is 0 Å². The molecule has 8 heteroatoms. The average molecular weight is 412 g/mol. The summed E-state index contributed by atoms with van der Waals surface area (Å²) in [6, 6.07) is 9.41. The van der Waals surface area contributed by atoms with Gasteiger partial charge < -0.3 is 5.32 Å². The summed E-state index contributed by atoms with van der Waals surface area (Å²) in [4.78, 5) is 25.1. The van der Waals surface area contributed by atoms with Crippen LogP contribution in [0.1, 0.15) is 43.2 Å². The first-order chi connectivity index (χ1) is 14.0. The number of amides is 1. The number of hydrogen-bond donors (Lipinski definition) is 1. The number of hydrogen-bond acceptors (Lipinski definition) is 5. The van der Waals surface area contributed by atoms with Crippen LogP contribution in [0.5, 0.6) is 0 Å². The zero-order valence-corrected chi connectivity index (χ0v) is 17.5. The predicted molar refractivity (Wildman–Crippen MR) is 115 cm³/mol. The Hall–Kier alpha value is -2.61. The lowest BCUT2D eigenvalue weighted by atomic mass is 10.0. The highest BCUT2D eigenvalue weighted by Gasteiger charge is 2.17. The number of rotatable bonds is 5. The fourth-order valence-corrected chi connectivity index (χ4v) is 4.75. The number of benzene rings is 1. The topological polar surface area (TPSA) is 81.3 Å². The second kappa shape index (κ2) is 8.41. The molecule has 0 aliphatic heterocycles. The third kappa shape index (κ3) is 4.53. The Balaban J connectivity index is 1.48. The highest BCUT2D eigenvalue weighted by molar-refractivity contribution is 7.99. The maximum absolute atomic E-state index is 12.7. The van der Waals surface area contributed by atoms with Crippen molar-refractivity contribution in [3.63, 3.8) is 0 Å². The van der Waals surface area contributed by atoms with Crippen molar-refractivity contribution in [3.05, 3.63) is 51.9 Å². The van der Waals surface area contributed by atoms with Crippen molar-refractivity contribution in [1.29, 1.82) is 0 Å². The van der Waals surface area contributed by atoms with Gasteiger partial charge in [0.15, 0.2) is 5.65 Å². The number of nitrogens with zero attached hydrogens (tertiary/aromatic N) is 4. The molecule has 0 radical (unpaired) electrons. The van der Waals surface area contributed by atoms with Gasteiger partial charge in [0.2, 0.25) is 5.91 Å². The monoisotopic (exact) mass is 411 g/mol. The number of thioether (sulfide) groups is 1. The quantitative estimate of drug-likeness (QED) is 0.694. The molecular weight excluding hydrogens is 386 g/mol. The molecule has 3 aromatic rings. The Labute approximate surface area is 173 Å². The molecule has 0 saturated heterocycles. The van der Waals surface area contributed by atoms with Crippen molar-refractivity contribution in [2.75, 3.05) is 5.32 Å². The Kier molecular flexibility index (Phi) is 5.71. The molecule has 1 saturated carbocycles. The molecule has 1 N–H and O–H groups in total. The highest BCUT2D eigenvalue weighted by Crippen LogP contribution is 2.32. The molecule has 0 atom stereocenters. The summed E-state index contributed by atoms with van der Waals surface area (Å²) in [6.45, 7) is 3.86. The molecule has 29 heavy (non-hydrogen) atoms. The summed E-state index contributed by atoms with van der Waals surface area (Å²) in [6.07, 6.45) is 6.20. The molecule has 0 unspecified atom stereocenters. The van der Waals surface area contributed by atoms with Gasteiger partial charge in [0.1, 0.15) is 11.6 Å². The normalized spacial score (nSPS) is 15.0. The fourth-order valence-electron chi connectivity index (χ4n) is 3.57. The fraction of sp³-hybridized carbons (Fsp3) is 0.429. The van der Waals surface area contributed by atoms with Gasteiger partial charge >= 0.3 is 5.69 Å². The minimum atomic E-state index is -0.402. The van der Waals surface area contributed by atoms with Crippen molar-refractivity contribution >= 4 is 29.0 Å². The zero-order chi connectivity index (χ0) is 20.4. The van der Waals surface area contributed by atoms with Crippen molar-refractivity contribution in [2.45, 2.75) is 62.8 Å². The van der Waals surface area contributed by atoms with Crippen LogP contribution in [0.3, 0.4) is 0 Å². The van der Waals surface area contributed by atoms with Crippen LogP contribution < -0.4 is 11.0 Å². The first kappa shape index (κ1) is 19.7. The van der Waals surface area contributed by atoms with Crippen LogP contribution >= 0.6 is 11.8 Å². The van der Waals surface area contributed by atoms with E-state index in [9.17, 15) is 9.59 Å². The second-order valence-corrected chi connectivity index (χ2v) is 8.93. The van der Waals surface area contributed by atoms with Crippen molar-refractivity contribution in [1.82, 2.24) is 19.4 Å². The van der Waals surface area contributed by atoms with Crippen molar-refractivity contribution < 1.29 is 4.79 Å². The largest absolute Gasteiger partial charge is 0.367 e. The summed E-state index contributed by atoms with van der Waals surface area (Å²) in [5.41, 5.74) is 3.01. The van der Waals surface area contributed by atoms with Gasteiger partial charge in [-0.05, 0) is 62.1 Å². The van der Waals surface area contributed by atoms with Crippen LogP contribution in [0.25, 0.3) is 5.65 Å². The van der Waals surface area contributed by atoms with Crippen LogP contribution in [-0.4, -0.2) is 30.6 Å². The zero-order valence-electron chi connectivity index (χ0n) is 16.7. The van der Waals surface area contributed by atoms with Gasteiger partial charge in [-0.15, -0.1) is 16.9 Å². The molecule has 1 aliphatic rings. The number of aromatic nitrogens is 4. The lowest BCUT2D eigenvalue weighted by Crippen LogP contribution is -2.29. The van der Waals surface area contributed by atoms with E-state index in [1.807, 2.05) is 38.1 Å². The number of aryl methyl sites for hydroxylation is 2. The third-order valence-corrected chi connectivity index (χ3v) is 6.60. The van der Waals surface area contributed by atoms with Crippen LogP contribution in [0.15, 0.2) is 40.2 Å². The van der Waals surface area contributed by atoms with Gasteiger partial charge in [0.25, 0.3) is 0 Å². The van der Waals surface area contributed by atoms with E-state index in [0.29, 0.717) is 16.6 Å². The Morgan fingerprint density at radius 3 is 2.66 bits per heavy atom. The number of carbonyl (C=O) groups is 1. The van der Waals surface area contributed by atoms with E-state index in [1.165, 1.54) is 36.6 Å². The first-order valence-electron chi connectivity index (χ1n) is 10.0. The minimum Gasteiger partial charge on any atom is -0.324 e. The number of fused-ring (bicyclic) bond motifs is 1. The lowest BCUT2D eigenvalue weighted by molar-refractivity contribution is -0.117. The predicted octanol–water partition coefficient (Wildman–Crippen LogP) is 3.57. The molecular formula is C21H25N5O2S. The van der Waals surface area contributed by atoms with E-state index in [4.69, 9.17) is 0 Å². The molecule has 2 aromatic heterocycles. The molecule has 0 spiro atoms. The van der Waals surface area contributed by atoms with Crippen LogP contribution in [0.2, 0.25) is 0 Å². The molecule has 0 bridgehead atoms. The maximum Gasteiger partial charge on any atom is 0.367 e. The van der Waals surface area contributed by atoms with E-state index in [0.717, 1.165) is 20.8 Å². The van der Waals surface area contributed by atoms with E-state index in [-0.39, 0.29) is 12.5 Å². The third-order valence-electron chi connectivity index (χ3n) is 5.34. The van der Waals surface area contributed by atoms with E-state index in [1.54, 1.807) is 17.8 Å². The van der Waals surface area contributed by atoms with E-state index in [2.05, 4.69) is 15.5 Å². The molecule has 1 fully saturated rings. The number of nitrogens with one attached hydrogen (secondary N) is 1. The van der Waals surface area contributed by atoms with E-state index < -0.39 is 5.69 Å². The summed E-state index contributed by atoms with van der Waals surface area (Å²) in [7, 11) is 0. The smallest absolute Gasteiger partial charge is 0.324 e. The lowest BCUT2D eigenvalue weighted by Gasteiger charge is -2.20. The van der Waals surface area contributed by atoms with E-state index >= 15 is 0 Å². The van der Waals surface area contributed by atoms with Gasteiger partial charge in [-0.2, -0.15) is 9.61 Å². The average Bonchev–Trinajstić information content (AvgIpc) is 3.01. The Morgan fingerprint density at radius 1 is 1.10 bits per heavy atom. The summed E-state index contributed by atoms with van der Waals surface area (Å²) >= 11 is 1.73. The summed E-state index contributed by atoms with van der Waals surface area (Å²) in [5, 5.41) is 12.9. The van der Waals surface area contributed by atoms with Gasteiger partial charge in [0, 0.05) is 10.9 Å². The van der Waals surface area contributed by atoms with Gasteiger partial charge in [-0.3, -0.25) is 4.79 Å². The van der Waals surface area contributed by atoms with Crippen LogP contribution in [0, 0.1) is 13.8 Å².